The van der Waals surface area contributed by atoms with E-state index in [9.17, 15) is 4.79 Å². The lowest BCUT2D eigenvalue weighted by molar-refractivity contribution is -0.121. The number of hydrogen-bond donors (Lipinski definition) is 0. The fourth-order valence-electron chi connectivity index (χ4n) is 3.30. The second-order valence-corrected chi connectivity index (χ2v) is 7.15. The Kier molecular flexibility index (Phi) is 7.75. The van der Waals surface area contributed by atoms with Gasteiger partial charge in [-0.25, -0.2) is 0 Å². The first-order valence-electron chi connectivity index (χ1n) is 9.73. The fourth-order valence-corrected chi connectivity index (χ4v) is 3.30. The Balaban J connectivity index is 2.74. The molecule has 0 spiro atoms. The zero-order valence-electron chi connectivity index (χ0n) is 18.9. The molecule has 2 aromatic rings. The molecule has 30 heavy (non-hydrogen) atoms. The summed E-state index contributed by atoms with van der Waals surface area (Å²) in [5, 5.41) is 0. The van der Waals surface area contributed by atoms with Crippen LogP contribution in [-0.2, 0) is 11.3 Å². The van der Waals surface area contributed by atoms with E-state index in [4.69, 9.17) is 18.9 Å². The number of nitrogens with zero attached hydrogens (tertiary/aromatic N) is 1. The molecule has 162 valence electrons. The second-order valence-electron chi connectivity index (χ2n) is 7.15. The van der Waals surface area contributed by atoms with Crippen molar-refractivity contribution in [2.75, 3.05) is 33.3 Å². The molecule has 6 heteroatoms. The molecule has 0 unspecified atom stereocenters. The molecule has 0 radical (unpaired) electrons. The molecule has 0 aliphatic rings. The van der Waals surface area contributed by atoms with Gasteiger partial charge < -0.3 is 23.8 Å². The summed E-state index contributed by atoms with van der Waals surface area (Å²) < 4.78 is 22.0. The third kappa shape index (κ3) is 4.53. The Morgan fingerprint density at radius 3 is 2.20 bits per heavy atom. The van der Waals surface area contributed by atoms with Gasteiger partial charge in [-0.15, -0.1) is 0 Å². The molecule has 0 aliphatic carbocycles. The summed E-state index contributed by atoms with van der Waals surface area (Å²) in [7, 11) is 6.27. The predicted molar refractivity (Wildman–Crippen MR) is 120 cm³/mol. The van der Waals surface area contributed by atoms with Crippen LogP contribution in [0.25, 0.3) is 6.08 Å². The van der Waals surface area contributed by atoms with Crippen LogP contribution in [0.4, 0.5) is 5.69 Å². The van der Waals surface area contributed by atoms with Gasteiger partial charge in [0.05, 0.1) is 40.7 Å². The second kappa shape index (κ2) is 10.1. The van der Waals surface area contributed by atoms with Crippen LogP contribution >= 0.6 is 0 Å². The van der Waals surface area contributed by atoms with Crippen molar-refractivity contribution in [3.63, 3.8) is 0 Å². The molecule has 1 amide bonds. The molecule has 0 heterocycles. The number of aryl methyl sites for hydroxylation is 1. The van der Waals surface area contributed by atoms with Crippen molar-refractivity contribution in [2.24, 2.45) is 5.92 Å². The molecule has 2 rings (SSSR count). The van der Waals surface area contributed by atoms with Crippen molar-refractivity contribution < 1.29 is 23.7 Å². The Hall–Kier alpha value is -3.15. The Labute approximate surface area is 179 Å². The van der Waals surface area contributed by atoms with Crippen LogP contribution in [0.15, 0.2) is 30.8 Å². The van der Waals surface area contributed by atoms with Crippen LogP contribution < -0.4 is 23.8 Å². The van der Waals surface area contributed by atoms with Gasteiger partial charge in [0.1, 0.15) is 5.75 Å². The van der Waals surface area contributed by atoms with E-state index in [1.165, 1.54) is 0 Å². The fraction of sp³-hybridized carbons (Fsp3) is 0.375. The summed E-state index contributed by atoms with van der Waals surface area (Å²) in [6.07, 6.45) is 1.66. The SMILES string of the molecule is C=Cc1c(N(Cc2cc(OC)ccc2C)C(=O)C(C)C)cc(OC)c(OC)c1OC. The van der Waals surface area contributed by atoms with Gasteiger partial charge in [0.25, 0.3) is 0 Å². The maximum Gasteiger partial charge on any atom is 0.229 e. The molecule has 0 atom stereocenters. The average molecular weight is 414 g/mol. The van der Waals surface area contributed by atoms with Crippen molar-refractivity contribution in [3.05, 3.63) is 47.5 Å². The van der Waals surface area contributed by atoms with Gasteiger partial charge in [-0.3, -0.25) is 4.79 Å². The molecule has 0 saturated heterocycles. The van der Waals surface area contributed by atoms with E-state index in [0.717, 1.165) is 16.9 Å². The van der Waals surface area contributed by atoms with E-state index in [1.807, 2.05) is 39.0 Å². The number of anilines is 1. The summed E-state index contributed by atoms with van der Waals surface area (Å²) in [4.78, 5) is 15.0. The van der Waals surface area contributed by atoms with E-state index in [2.05, 4.69) is 6.58 Å². The van der Waals surface area contributed by atoms with Gasteiger partial charge in [-0.2, -0.15) is 0 Å². The van der Waals surface area contributed by atoms with Gasteiger partial charge >= 0.3 is 0 Å². The summed E-state index contributed by atoms with van der Waals surface area (Å²) in [6.45, 7) is 10.1. The molecule has 2 aromatic carbocycles. The minimum atomic E-state index is -0.215. The highest BCUT2D eigenvalue weighted by molar-refractivity contribution is 5.98. The quantitative estimate of drug-likeness (QED) is 0.587. The van der Waals surface area contributed by atoms with Crippen LogP contribution in [0.3, 0.4) is 0 Å². The van der Waals surface area contributed by atoms with Gasteiger partial charge in [0.2, 0.25) is 11.7 Å². The van der Waals surface area contributed by atoms with E-state index in [0.29, 0.717) is 35.0 Å². The molecule has 0 bridgehead atoms. The summed E-state index contributed by atoms with van der Waals surface area (Å²) in [5.74, 6) is 1.88. The maximum absolute atomic E-state index is 13.3. The number of hydrogen-bond acceptors (Lipinski definition) is 5. The number of amides is 1. The highest BCUT2D eigenvalue weighted by Crippen LogP contribution is 2.46. The lowest BCUT2D eigenvalue weighted by atomic mass is 10.0. The molecule has 0 aromatic heterocycles. The van der Waals surface area contributed by atoms with Crippen LogP contribution in [-0.4, -0.2) is 34.3 Å². The zero-order chi connectivity index (χ0) is 22.4. The number of carbonyl (C=O) groups excluding carboxylic acids is 1. The molecular weight excluding hydrogens is 382 g/mol. The van der Waals surface area contributed by atoms with Gasteiger partial charge in [0.15, 0.2) is 11.5 Å². The predicted octanol–water partition coefficient (Wildman–Crippen LogP) is 4.86. The van der Waals surface area contributed by atoms with Crippen molar-refractivity contribution >= 4 is 17.7 Å². The largest absolute Gasteiger partial charge is 0.497 e. The smallest absolute Gasteiger partial charge is 0.229 e. The minimum absolute atomic E-state index is 0.0328. The van der Waals surface area contributed by atoms with Gasteiger partial charge in [-0.1, -0.05) is 32.6 Å². The molecule has 0 saturated carbocycles. The number of rotatable bonds is 9. The third-order valence-corrected chi connectivity index (χ3v) is 4.99. The molecule has 0 aliphatic heterocycles. The summed E-state index contributed by atoms with van der Waals surface area (Å²) in [5.41, 5.74) is 3.34. The number of ether oxygens (including phenoxy) is 4. The van der Waals surface area contributed by atoms with Crippen molar-refractivity contribution in [2.45, 2.75) is 27.3 Å². The van der Waals surface area contributed by atoms with Crippen LogP contribution in [0.1, 0.15) is 30.5 Å². The van der Waals surface area contributed by atoms with Crippen molar-refractivity contribution in [1.29, 1.82) is 0 Å². The standard InChI is InChI=1S/C24H31NO5/c1-9-19-20(13-21(28-6)23(30-8)22(19)29-7)25(24(26)15(2)3)14-17-12-18(27-5)11-10-16(17)4/h9-13,15H,1,14H2,2-8H3. The highest BCUT2D eigenvalue weighted by Gasteiger charge is 2.27. The first kappa shape index (κ1) is 23.1. The van der Waals surface area contributed by atoms with Gasteiger partial charge in [0, 0.05) is 17.5 Å². The molecule has 6 nitrogen and oxygen atoms in total. The van der Waals surface area contributed by atoms with Crippen molar-refractivity contribution in [3.8, 4) is 23.0 Å². The maximum atomic E-state index is 13.3. The molecular formula is C24H31NO5. The normalized spacial score (nSPS) is 10.5. The molecule has 0 N–H and O–H groups in total. The van der Waals surface area contributed by atoms with E-state index < -0.39 is 0 Å². The molecule has 0 fully saturated rings. The van der Waals surface area contributed by atoms with Crippen LogP contribution in [0.5, 0.6) is 23.0 Å². The Morgan fingerprint density at radius 1 is 1.03 bits per heavy atom. The van der Waals surface area contributed by atoms with E-state index in [1.54, 1.807) is 45.5 Å². The zero-order valence-corrected chi connectivity index (χ0v) is 18.9. The first-order chi connectivity index (χ1) is 14.3. The monoisotopic (exact) mass is 413 g/mol. The topological polar surface area (TPSA) is 57.2 Å². The van der Waals surface area contributed by atoms with Crippen LogP contribution in [0, 0.1) is 12.8 Å². The number of benzene rings is 2. The van der Waals surface area contributed by atoms with Crippen molar-refractivity contribution in [1.82, 2.24) is 0 Å². The first-order valence-corrected chi connectivity index (χ1v) is 9.73. The minimum Gasteiger partial charge on any atom is -0.497 e. The highest BCUT2D eigenvalue weighted by atomic mass is 16.5. The number of methoxy groups -OCH3 is 4. The van der Waals surface area contributed by atoms with Crippen LogP contribution in [0.2, 0.25) is 0 Å². The Bertz CT molecular complexity index is 920. The lowest BCUT2D eigenvalue weighted by Gasteiger charge is -2.29. The number of carbonyl (C=O) groups is 1. The van der Waals surface area contributed by atoms with Gasteiger partial charge in [-0.05, 0) is 30.2 Å². The summed E-state index contributed by atoms with van der Waals surface area (Å²) in [6, 6.07) is 7.62. The van der Waals surface area contributed by atoms with E-state index in [-0.39, 0.29) is 11.8 Å². The average Bonchev–Trinajstić information content (AvgIpc) is 2.76. The third-order valence-electron chi connectivity index (χ3n) is 4.99. The lowest BCUT2D eigenvalue weighted by Crippen LogP contribution is -2.34. The summed E-state index contributed by atoms with van der Waals surface area (Å²) >= 11 is 0. The van der Waals surface area contributed by atoms with E-state index >= 15 is 0 Å². The Morgan fingerprint density at radius 2 is 1.70 bits per heavy atom.